The molecule has 23 heteroatoms. The molecule has 59 heavy (non-hydrogen) atoms. The topological polar surface area (TPSA) is 344 Å². The van der Waals surface area contributed by atoms with Crippen LogP contribution in [-0.2, 0) is 52.2 Å². The third-order valence-corrected chi connectivity index (χ3v) is 11.4. The summed E-state index contributed by atoms with van der Waals surface area (Å²) in [4.78, 5) is 12.3. The van der Waals surface area contributed by atoms with E-state index in [2.05, 4.69) is 5.32 Å². The van der Waals surface area contributed by atoms with E-state index in [1.807, 2.05) is 6.92 Å². The predicted octanol–water partition coefficient (Wildman–Crippen LogP) is -5.99. The van der Waals surface area contributed by atoms with Crippen molar-refractivity contribution in [3.05, 3.63) is 0 Å². The molecule has 5 aliphatic heterocycles. The van der Waals surface area contributed by atoms with Crippen LogP contribution in [0.25, 0.3) is 0 Å². The monoisotopic (exact) mass is 861 g/mol. The fraction of sp³-hybridized carbons (Fsp3) is 0.972. The van der Waals surface area contributed by atoms with Gasteiger partial charge in [0.15, 0.2) is 31.5 Å². The van der Waals surface area contributed by atoms with Crippen LogP contribution in [0.5, 0.6) is 0 Å². The largest absolute Gasteiger partial charge is 0.394 e. The number of hydrogen-bond acceptors (Lipinski definition) is 22. The molecule has 0 radical (unpaired) electrons. The van der Waals surface area contributed by atoms with Gasteiger partial charge in [0.05, 0.1) is 37.6 Å². The van der Waals surface area contributed by atoms with Crippen molar-refractivity contribution in [2.45, 2.75) is 195 Å². The second kappa shape index (κ2) is 20.9. The highest BCUT2D eigenvalue weighted by atomic mass is 16.8. The second-order valence-electron chi connectivity index (χ2n) is 15.9. The van der Waals surface area contributed by atoms with Crippen LogP contribution in [0.1, 0.15) is 48.0 Å². The van der Waals surface area contributed by atoms with Crippen molar-refractivity contribution >= 4 is 5.91 Å². The molecule has 5 aliphatic rings. The third-order valence-electron chi connectivity index (χ3n) is 11.4. The summed E-state index contributed by atoms with van der Waals surface area (Å²) in [7, 11) is 0. The van der Waals surface area contributed by atoms with Gasteiger partial charge in [-0.25, -0.2) is 0 Å². The average molecular weight is 862 g/mol. The van der Waals surface area contributed by atoms with Crippen molar-refractivity contribution < 1.29 is 108 Å². The van der Waals surface area contributed by atoms with Crippen molar-refractivity contribution in [3.8, 4) is 0 Å². The van der Waals surface area contributed by atoms with E-state index in [4.69, 9.17) is 47.4 Å². The van der Waals surface area contributed by atoms with Crippen molar-refractivity contribution in [1.82, 2.24) is 5.32 Å². The first-order valence-corrected chi connectivity index (χ1v) is 20.0. The van der Waals surface area contributed by atoms with Gasteiger partial charge in [-0.15, -0.1) is 0 Å². The number of rotatable bonds is 14. The number of hydrogen-bond donors (Lipinski definition) is 12. The zero-order valence-corrected chi connectivity index (χ0v) is 33.7. The highest BCUT2D eigenvalue weighted by molar-refractivity contribution is 5.73. The standard InChI is InChI=1S/C36H63NO22/c1-7-8-50-33-18(37-15(6)40)29(23(45)17(10-39)54-33)57-32-11(2)28(20(42)13(4)51-32)56-36-31(25(47)19(41)12(3)53-36)59-35-27(49)30(21(43)14(5)52-35)58-34-26(48)24(46)22(44)16(9-38)55-34/h11-14,16-36,38-39,41-49H,7-10H2,1-6H3,(H,37,40)/t11?,12?,13?,14?,16-,17?,18?,19+,20+,21+,22-,23+,24?,25-,26?,27?,28+,29-,30-,31?,32+,33-,34-,35+,36+/m1/s1. The smallest absolute Gasteiger partial charge is 0.217 e. The van der Waals surface area contributed by atoms with Crippen molar-refractivity contribution in [2.75, 3.05) is 19.8 Å². The van der Waals surface area contributed by atoms with Gasteiger partial charge < -0.3 is 109 Å². The Hall–Kier alpha value is -1.37. The molecule has 0 aromatic rings. The summed E-state index contributed by atoms with van der Waals surface area (Å²) in [6.07, 6.45) is -33.7. The first-order chi connectivity index (χ1) is 27.8. The highest BCUT2D eigenvalue weighted by Gasteiger charge is 2.56. The molecule has 25 atom stereocenters. The lowest BCUT2D eigenvalue weighted by atomic mass is 9.91. The zero-order valence-electron chi connectivity index (χ0n) is 33.7. The molecule has 344 valence electrons. The lowest BCUT2D eigenvalue weighted by Crippen LogP contribution is -2.67. The molecule has 0 aromatic carbocycles. The minimum Gasteiger partial charge on any atom is -0.394 e. The van der Waals surface area contributed by atoms with Gasteiger partial charge in [-0.05, 0) is 27.2 Å². The van der Waals surface area contributed by atoms with Crippen LogP contribution >= 0.6 is 0 Å². The number of nitrogens with one attached hydrogen (secondary N) is 1. The highest BCUT2D eigenvalue weighted by Crippen LogP contribution is 2.37. The van der Waals surface area contributed by atoms with Gasteiger partial charge in [-0.1, -0.05) is 13.8 Å². The Morgan fingerprint density at radius 2 is 1.00 bits per heavy atom. The number of aliphatic hydroxyl groups is 11. The molecule has 0 saturated carbocycles. The Bertz CT molecular complexity index is 1320. The Morgan fingerprint density at radius 1 is 0.508 bits per heavy atom. The van der Waals surface area contributed by atoms with Gasteiger partial charge in [-0.2, -0.15) is 0 Å². The molecular weight excluding hydrogens is 798 g/mol. The minimum atomic E-state index is -1.92. The van der Waals surface area contributed by atoms with Crippen molar-refractivity contribution in [1.29, 1.82) is 0 Å². The Kier molecular flexibility index (Phi) is 17.2. The fourth-order valence-corrected chi connectivity index (χ4v) is 7.83. The SMILES string of the molecule is CCCO[C@@H]1OC(CO)[C@H](O)[C@H](O[C@@H]2OC(C)[C@H](O)[C@@H](O[C@@H]3OC(C)[C@H](O)[C@@H](O)C3O[C@@H]3OC(C)[C@H](O)[C@@H](O[C@H]4O[C@H](CO)[C@@H](O)C(O)C4O)C3O)C2C)C1NC(C)=O. The van der Waals surface area contributed by atoms with Gasteiger partial charge in [0.1, 0.15) is 91.5 Å². The van der Waals surface area contributed by atoms with E-state index >= 15 is 0 Å². The maximum Gasteiger partial charge on any atom is 0.217 e. The van der Waals surface area contributed by atoms with Gasteiger partial charge in [0, 0.05) is 19.4 Å². The lowest BCUT2D eigenvalue weighted by Gasteiger charge is -2.50. The quantitative estimate of drug-likeness (QED) is 0.0773. The molecule has 10 unspecified atom stereocenters. The molecule has 5 fully saturated rings. The average Bonchev–Trinajstić information content (AvgIpc) is 3.20. The number of carbonyl (C=O) groups excluding carboxylic acids is 1. The molecule has 5 saturated heterocycles. The van der Waals surface area contributed by atoms with E-state index in [0.717, 1.165) is 0 Å². The molecule has 5 heterocycles. The predicted molar refractivity (Wildman–Crippen MR) is 191 cm³/mol. The molecule has 0 aliphatic carbocycles. The molecule has 1 amide bonds. The number of carbonyl (C=O) groups is 1. The van der Waals surface area contributed by atoms with Crippen LogP contribution < -0.4 is 5.32 Å². The summed E-state index contributed by atoms with van der Waals surface area (Å²) in [6, 6.07) is -1.08. The Labute approximate surface area is 340 Å². The number of ether oxygens (including phenoxy) is 10. The van der Waals surface area contributed by atoms with Crippen LogP contribution in [0.15, 0.2) is 0 Å². The zero-order chi connectivity index (χ0) is 43.6. The molecule has 23 nitrogen and oxygen atoms in total. The Morgan fingerprint density at radius 3 is 1.61 bits per heavy atom. The summed E-state index contributed by atoms with van der Waals surface area (Å²) < 4.78 is 59.0. The fourth-order valence-electron chi connectivity index (χ4n) is 7.83. The first-order valence-electron chi connectivity index (χ1n) is 20.0. The van der Waals surface area contributed by atoms with Gasteiger partial charge in [0.25, 0.3) is 0 Å². The summed E-state index contributed by atoms with van der Waals surface area (Å²) in [5, 5.41) is 120. The molecular formula is C36H63NO22. The second-order valence-corrected chi connectivity index (χ2v) is 15.9. The van der Waals surface area contributed by atoms with Crippen LogP contribution in [-0.4, -0.2) is 229 Å². The van der Waals surface area contributed by atoms with E-state index in [-0.39, 0.29) is 6.61 Å². The molecule has 5 rings (SSSR count). The van der Waals surface area contributed by atoms with Crippen molar-refractivity contribution in [2.24, 2.45) is 5.92 Å². The molecule has 0 bridgehead atoms. The van der Waals surface area contributed by atoms with Crippen LogP contribution in [0.3, 0.4) is 0 Å². The van der Waals surface area contributed by atoms with Gasteiger partial charge in [-0.3, -0.25) is 4.79 Å². The van der Waals surface area contributed by atoms with Crippen LogP contribution in [0.4, 0.5) is 0 Å². The van der Waals surface area contributed by atoms with E-state index in [1.54, 1.807) is 6.92 Å². The third kappa shape index (κ3) is 10.5. The number of aliphatic hydroxyl groups excluding tert-OH is 11. The van der Waals surface area contributed by atoms with Crippen LogP contribution in [0, 0.1) is 5.92 Å². The van der Waals surface area contributed by atoms with Crippen LogP contribution in [0.2, 0.25) is 0 Å². The minimum absolute atomic E-state index is 0.217. The van der Waals surface area contributed by atoms with Gasteiger partial charge in [0.2, 0.25) is 5.91 Å². The Balaban J connectivity index is 1.36. The van der Waals surface area contributed by atoms with E-state index in [0.29, 0.717) is 6.42 Å². The van der Waals surface area contributed by atoms with Gasteiger partial charge >= 0.3 is 0 Å². The summed E-state index contributed by atoms with van der Waals surface area (Å²) in [6.45, 7) is 7.87. The maximum atomic E-state index is 12.3. The molecule has 0 spiro atoms. The maximum absolute atomic E-state index is 12.3. The number of amides is 1. The molecule has 12 N–H and O–H groups in total. The normalized spacial score (nSPS) is 51.0. The van der Waals surface area contributed by atoms with E-state index < -0.39 is 172 Å². The van der Waals surface area contributed by atoms with E-state index in [9.17, 15) is 61.0 Å². The van der Waals surface area contributed by atoms with E-state index in [1.165, 1.54) is 27.7 Å². The van der Waals surface area contributed by atoms with Crippen molar-refractivity contribution in [3.63, 3.8) is 0 Å². The summed E-state index contributed by atoms with van der Waals surface area (Å²) in [5.74, 6) is -1.41. The lowest BCUT2D eigenvalue weighted by molar-refractivity contribution is -0.393. The summed E-state index contributed by atoms with van der Waals surface area (Å²) in [5.41, 5.74) is 0. The molecule has 0 aromatic heterocycles. The summed E-state index contributed by atoms with van der Waals surface area (Å²) >= 11 is 0. The first kappa shape index (κ1) is 48.7.